The van der Waals surface area contributed by atoms with Gasteiger partial charge >= 0.3 is 14.9 Å². The van der Waals surface area contributed by atoms with E-state index >= 15 is 0 Å². The zero-order valence-corrected chi connectivity index (χ0v) is 17.7. The molecule has 0 radical (unpaired) electrons. The fourth-order valence-corrected chi connectivity index (χ4v) is 5.18. The van der Waals surface area contributed by atoms with Gasteiger partial charge in [0.2, 0.25) is 0 Å². The monoisotopic (exact) mass is 397 g/mol. The van der Waals surface area contributed by atoms with Gasteiger partial charge in [0.25, 0.3) is 0 Å². The van der Waals surface area contributed by atoms with Gasteiger partial charge in [-0.1, -0.05) is 0 Å². The average Bonchev–Trinajstić information content (AvgIpc) is 2.59. The second kappa shape index (κ2) is 14.3. The Hall–Kier alpha value is -0.753. The van der Waals surface area contributed by atoms with Crippen LogP contribution in [0.1, 0.15) is 40.5 Å². The Balaban J connectivity index is 4.79. The Kier molecular flexibility index (Phi) is 13.9. The van der Waals surface area contributed by atoms with E-state index in [1.54, 1.807) is 7.11 Å². The maximum atomic E-state index is 10.5. The minimum absolute atomic E-state index is 0.101. The van der Waals surface area contributed by atoms with E-state index in [1.165, 1.54) is 0 Å². The molecule has 0 aromatic rings. The first-order valence-electron chi connectivity index (χ1n) is 9.08. The Labute approximate surface area is 157 Å². The van der Waals surface area contributed by atoms with Crippen LogP contribution in [0.5, 0.6) is 0 Å². The Morgan fingerprint density at radius 2 is 1.62 bits per heavy atom. The quantitative estimate of drug-likeness (QED) is 0.219. The predicted molar refractivity (Wildman–Crippen MR) is 98.0 cm³/mol. The van der Waals surface area contributed by atoms with Crippen LogP contribution >= 0.6 is 0 Å². The molecule has 0 spiro atoms. The molecule has 9 nitrogen and oxygen atoms in total. The summed E-state index contributed by atoms with van der Waals surface area (Å²) >= 11 is 0. The van der Waals surface area contributed by atoms with Crippen molar-refractivity contribution in [3.63, 3.8) is 0 Å². The molecule has 0 fully saturated rings. The molecule has 0 aromatic carbocycles. The zero-order chi connectivity index (χ0) is 19.9. The minimum Gasteiger partial charge on any atom is -0.465 e. The molecule has 0 aliphatic heterocycles. The van der Waals surface area contributed by atoms with Gasteiger partial charge in [-0.05, 0) is 34.1 Å². The highest BCUT2D eigenvalue weighted by atomic mass is 28.4. The summed E-state index contributed by atoms with van der Waals surface area (Å²) in [6, 6.07) is 0.633. The molecule has 0 saturated carbocycles. The number of carbonyl (C=O) groups is 1. The summed E-state index contributed by atoms with van der Waals surface area (Å²) in [5.74, 6) is -0.959. The third-order valence-electron chi connectivity index (χ3n) is 3.56. The largest absolute Gasteiger partial charge is 0.500 e. The van der Waals surface area contributed by atoms with E-state index in [2.05, 4.69) is 5.32 Å². The molecule has 156 valence electrons. The number of amides is 1. The molecular formula is C16H35NO8Si. The van der Waals surface area contributed by atoms with Crippen LogP contribution in [0, 0.1) is 0 Å². The zero-order valence-electron chi connectivity index (χ0n) is 16.7. The SMILES string of the molecule is CCOC(CCC[Si](OCC)(OCC)OCC)(COCNC(=O)O)OC. The van der Waals surface area contributed by atoms with E-state index in [9.17, 15) is 4.79 Å². The Morgan fingerprint density at radius 1 is 1.04 bits per heavy atom. The van der Waals surface area contributed by atoms with Gasteiger partial charge in [0, 0.05) is 46.0 Å². The van der Waals surface area contributed by atoms with E-state index in [-0.39, 0.29) is 13.3 Å². The summed E-state index contributed by atoms with van der Waals surface area (Å²) < 4.78 is 34.2. The van der Waals surface area contributed by atoms with Crippen molar-refractivity contribution < 1.29 is 37.4 Å². The first-order chi connectivity index (χ1) is 12.4. The highest BCUT2D eigenvalue weighted by molar-refractivity contribution is 6.60. The third-order valence-corrected chi connectivity index (χ3v) is 6.71. The number of methoxy groups -OCH3 is 1. The van der Waals surface area contributed by atoms with Crippen LogP contribution < -0.4 is 5.32 Å². The first kappa shape index (κ1) is 25.2. The van der Waals surface area contributed by atoms with Crippen molar-refractivity contribution in [1.82, 2.24) is 5.32 Å². The fraction of sp³-hybridized carbons (Fsp3) is 0.938. The van der Waals surface area contributed by atoms with Crippen molar-refractivity contribution in [3.8, 4) is 0 Å². The summed E-state index contributed by atoms with van der Waals surface area (Å²) in [6.45, 7) is 9.60. The number of rotatable bonds is 17. The summed E-state index contributed by atoms with van der Waals surface area (Å²) in [6.07, 6.45) is 0.0765. The first-order valence-corrected chi connectivity index (χ1v) is 11.0. The highest BCUT2D eigenvalue weighted by Gasteiger charge is 2.41. The van der Waals surface area contributed by atoms with Crippen molar-refractivity contribution in [2.24, 2.45) is 0 Å². The van der Waals surface area contributed by atoms with Gasteiger partial charge in [0.15, 0.2) is 5.79 Å². The molecular weight excluding hydrogens is 362 g/mol. The van der Waals surface area contributed by atoms with Gasteiger partial charge in [-0.2, -0.15) is 0 Å². The van der Waals surface area contributed by atoms with Gasteiger partial charge in [-0.25, -0.2) is 4.79 Å². The molecule has 26 heavy (non-hydrogen) atoms. The summed E-state index contributed by atoms with van der Waals surface area (Å²) in [5, 5.41) is 10.7. The molecule has 2 N–H and O–H groups in total. The molecule has 0 aromatic heterocycles. The molecule has 0 aliphatic rings. The van der Waals surface area contributed by atoms with Crippen LogP contribution in [0.25, 0.3) is 0 Å². The van der Waals surface area contributed by atoms with Crippen LogP contribution in [0.15, 0.2) is 0 Å². The molecule has 10 heteroatoms. The van der Waals surface area contributed by atoms with Crippen molar-refractivity contribution >= 4 is 14.9 Å². The standard InChI is InChI=1S/C16H35NO8Si/c1-6-22-16(20-5,13-21-14-17-15(18)19)11-10-12-26(23-7-2,24-8-3)25-9-4/h17H,6-14H2,1-5H3,(H,18,19). The number of hydrogen-bond acceptors (Lipinski definition) is 7. The lowest BCUT2D eigenvalue weighted by Gasteiger charge is -2.33. The molecule has 0 saturated heterocycles. The maximum Gasteiger partial charge on any atom is 0.500 e. The van der Waals surface area contributed by atoms with Crippen molar-refractivity contribution in [3.05, 3.63) is 0 Å². The lowest BCUT2D eigenvalue weighted by molar-refractivity contribution is -0.251. The number of nitrogens with one attached hydrogen (secondary N) is 1. The van der Waals surface area contributed by atoms with Crippen LogP contribution in [-0.2, 0) is 27.5 Å². The van der Waals surface area contributed by atoms with Gasteiger partial charge in [0.1, 0.15) is 13.3 Å². The molecule has 0 rings (SSSR count). The number of ether oxygens (including phenoxy) is 3. The van der Waals surface area contributed by atoms with E-state index in [0.29, 0.717) is 45.3 Å². The van der Waals surface area contributed by atoms with Crippen LogP contribution in [0.2, 0.25) is 6.04 Å². The summed E-state index contributed by atoms with van der Waals surface area (Å²) in [4.78, 5) is 10.5. The van der Waals surface area contributed by atoms with Gasteiger partial charge < -0.3 is 32.6 Å². The fourth-order valence-electron chi connectivity index (χ4n) is 2.56. The maximum absolute atomic E-state index is 10.5. The molecule has 0 bridgehead atoms. The minimum atomic E-state index is -2.73. The molecule has 0 aliphatic carbocycles. The van der Waals surface area contributed by atoms with Gasteiger partial charge in [-0.15, -0.1) is 0 Å². The second-order valence-corrected chi connectivity index (χ2v) is 8.09. The van der Waals surface area contributed by atoms with E-state index in [1.807, 2.05) is 27.7 Å². The molecule has 1 atom stereocenters. The topological polar surface area (TPSA) is 105 Å². The molecule has 0 heterocycles. The van der Waals surface area contributed by atoms with Crippen molar-refractivity contribution in [1.29, 1.82) is 0 Å². The molecule has 1 unspecified atom stereocenters. The second-order valence-electron chi connectivity index (χ2n) is 5.36. The third kappa shape index (κ3) is 9.81. The van der Waals surface area contributed by atoms with E-state index in [4.69, 9.17) is 32.6 Å². The number of carboxylic acid groups (broad SMARTS) is 1. The van der Waals surface area contributed by atoms with Crippen molar-refractivity contribution in [2.45, 2.75) is 52.4 Å². The summed E-state index contributed by atoms with van der Waals surface area (Å²) in [5.41, 5.74) is 0. The van der Waals surface area contributed by atoms with E-state index in [0.717, 1.165) is 0 Å². The Bertz CT molecular complexity index is 357. The lowest BCUT2D eigenvalue weighted by Crippen LogP contribution is -2.47. The van der Waals surface area contributed by atoms with E-state index < -0.39 is 20.7 Å². The predicted octanol–water partition coefficient (Wildman–Crippen LogP) is 2.44. The van der Waals surface area contributed by atoms with Gasteiger partial charge in [0.05, 0.1) is 0 Å². The summed E-state index contributed by atoms with van der Waals surface area (Å²) in [7, 11) is -1.18. The smallest absolute Gasteiger partial charge is 0.465 e. The lowest BCUT2D eigenvalue weighted by atomic mass is 10.1. The normalized spacial score (nSPS) is 14.2. The molecule has 1 amide bonds. The van der Waals surface area contributed by atoms with Crippen LogP contribution in [0.4, 0.5) is 4.79 Å². The number of hydrogen-bond donors (Lipinski definition) is 2. The highest BCUT2D eigenvalue weighted by Crippen LogP contribution is 2.26. The van der Waals surface area contributed by atoms with Crippen LogP contribution in [-0.4, -0.2) is 72.7 Å². The van der Waals surface area contributed by atoms with Crippen LogP contribution in [0.3, 0.4) is 0 Å². The van der Waals surface area contributed by atoms with Gasteiger partial charge in [-0.3, -0.25) is 5.32 Å². The average molecular weight is 398 g/mol. The van der Waals surface area contributed by atoms with Crippen molar-refractivity contribution in [2.75, 3.05) is 46.9 Å². The Morgan fingerprint density at radius 3 is 2.04 bits per heavy atom.